The van der Waals surface area contributed by atoms with E-state index in [1.807, 2.05) is 18.2 Å². The first-order valence-electron chi connectivity index (χ1n) is 5.66. The first kappa shape index (κ1) is 11.1. The zero-order valence-corrected chi connectivity index (χ0v) is 9.22. The smallest absolute Gasteiger partial charge is 0.338 e. The van der Waals surface area contributed by atoms with Crippen LogP contribution in [0.5, 0.6) is 0 Å². The van der Waals surface area contributed by atoms with Crippen molar-refractivity contribution in [2.45, 2.75) is 12.8 Å². The van der Waals surface area contributed by atoms with E-state index >= 15 is 0 Å². The van der Waals surface area contributed by atoms with Gasteiger partial charge in [-0.2, -0.15) is 0 Å². The van der Waals surface area contributed by atoms with E-state index in [-0.39, 0.29) is 5.97 Å². The summed E-state index contributed by atoms with van der Waals surface area (Å²) in [6, 6.07) is 9.08. The zero-order chi connectivity index (χ0) is 11.2. The maximum absolute atomic E-state index is 11.6. The minimum absolute atomic E-state index is 0.244. The first-order chi connectivity index (χ1) is 7.86. The monoisotopic (exact) mass is 220 g/mol. The van der Waals surface area contributed by atoms with Crippen molar-refractivity contribution in [2.75, 3.05) is 19.8 Å². The fraction of sp³-hybridized carbons (Fsp3) is 0.462. The molecule has 1 aromatic rings. The summed E-state index contributed by atoms with van der Waals surface area (Å²) in [7, 11) is 0. The molecule has 2 rings (SSSR count). The fourth-order valence-electron chi connectivity index (χ4n) is 1.79. The summed E-state index contributed by atoms with van der Waals surface area (Å²) >= 11 is 0. The Bertz CT molecular complexity index is 328. The minimum atomic E-state index is -0.244. The number of hydrogen-bond donors (Lipinski definition) is 0. The molecule has 1 fully saturated rings. The first-order valence-corrected chi connectivity index (χ1v) is 5.66. The van der Waals surface area contributed by atoms with Crippen LogP contribution in [0.4, 0.5) is 0 Å². The molecule has 86 valence electrons. The summed E-state index contributed by atoms with van der Waals surface area (Å²) in [6.07, 6.45) is 2.15. The number of hydrogen-bond acceptors (Lipinski definition) is 3. The third-order valence-corrected chi connectivity index (χ3v) is 2.71. The van der Waals surface area contributed by atoms with E-state index in [1.165, 1.54) is 0 Å². The highest BCUT2D eigenvalue weighted by atomic mass is 16.5. The molecule has 0 radical (unpaired) electrons. The quantitative estimate of drug-likeness (QED) is 0.733. The van der Waals surface area contributed by atoms with Gasteiger partial charge in [-0.1, -0.05) is 18.2 Å². The summed E-state index contributed by atoms with van der Waals surface area (Å²) in [6.45, 7) is 2.01. The Hall–Kier alpha value is -1.35. The number of benzene rings is 1. The van der Waals surface area contributed by atoms with Crippen molar-refractivity contribution in [1.29, 1.82) is 0 Å². The number of carbonyl (C=O) groups is 1. The number of esters is 1. The van der Waals surface area contributed by atoms with Crippen LogP contribution in [-0.4, -0.2) is 25.8 Å². The number of rotatable bonds is 3. The maximum Gasteiger partial charge on any atom is 0.338 e. The maximum atomic E-state index is 11.6. The van der Waals surface area contributed by atoms with Crippen LogP contribution in [-0.2, 0) is 9.47 Å². The van der Waals surface area contributed by atoms with Gasteiger partial charge in [0.1, 0.15) is 0 Å². The van der Waals surface area contributed by atoms with Crippen molar-refractivity contribution in [2.24, 2.45) is 5.92 Å². The van der Waals surface area contributed by atoms with Crippen LogP contribution in [0.25, 0.3) is 0 Å². The second-order valence-corrected chi connectivity index (χ2v) is 4.05. The Morgan fingerprint density at radius 3 is 2.88 bits per heavy atom. The SMILES string of the molecule is O=C(OCC1CCCOC1)c1ccccc1. The zero-order valence-electron chi connectivity index (χ0n) is 9.22. The molecule has 0 amide bonds. The van der Waals surface area contributed by atoms with Gasteiger partial charge in [0, 0.05) is 12.5 Å². The van der Waals surface area contributed by atoms with Crippen molar-refractivity contribution in [1.82, 2.24) is 0 Å². The second kappa shape index (κ2) is 5.66. The van der Waals surface area contributed by atoms with Crippen molar-refractivity contribution < 1.29 is 14.3 Å². The third-order valence-electron chi connectivity index (χ3n) is 2.71. The van der Waals surface area contributed by atoms with E-state index in [0.29, 0.717) is 24.7 Å². The van der Waals surface area contributed by atoms with Gasteiger partial charge in [-0.05, 0) is 25.0 Å². The Balaban J connectivity index is 1.79. The van der Waals surface area contributed by atoms with Gasteiger partial charge in [-0.3, -0.25) is 0 Å². The highest BCUT2D eigenvalue weighted by molar-refractivity contribution is 5.89. The molecule has 0 spiro atoms. The molecule has 16 heavy (non-hydrogen) atoms. The van der Waals surface area contributed by atoms with Gasteiger partial charge in [0.05, 0.1) is 18.8 Å². The van der Waals surface area contributed by atoms with Gasteiger partial charge in [0.15, 0.2) is 0 Å². The van der Waals surface area contributed by atoms with E-state index in [0.717, 1.165) is 19.4 Å². The molecule has 1 saturated heterocycles. The molecule has 1 aliphatic heterocycles. The van der Waals surface area contributed by atoms with Gasteiger partial charge in [0.2, 0.25) is 0 Å². The van der Waals surface area contributed by atoms with Crippen molar-refractivity contribution >= 4 is 5.97 Å². The van der Waals surface area contributed by atoms with Crippen molar-refractivity contribution in [3.05, 3.63) is 35.9 Å². The molecule has 1 aromatic carbocycles. The molecule has 0 N–H and O–H groups in total. The van der Waals surface area contributed by atoms with Crippen LogP contribution in [0.2, 0.25) is 0 Å². The molecule has 0 saturated carbocycles. The predicted molar refractivity (Wildman–Crippen MR) is 60.3 cm³/mol. The summed E-state index contributed by atoms with van der Waals surface area (Å²) in [5.74, 6) is 0.118. The van der Waals surface area contributed by atoms with Gasteiger partial charge >= 0.3 is 5.97 Å². The Morgan fingerprint density at radius 1 is 1.38 bits per heavy atom. The van der Waals surface area contributed by atoms with E-state index in [4.69, 9.17) is 9.47 Å². The lowest BCUT2D eigenvalue weighted by Gasteiger charge is -2.21. The molecule has 1 heterocycles. The largest absolute Gasteiger partial charge is 0.462 e. The van der Waals surface area contributed by atoms with Gasteiger partial charge in [0.25, 0.3) is 0 Å². The lowest BCUT2D eigenvalue weighted by molar-refractivity contribution is 0.00860. The Morgan fingerprint density at radius 2 is 2.19 bits per heavy atom. The highest BCUT2D eigenvalue weighted by Crippen LogP contribution is 2.14. The molecule has 0 bridgehead atoms. The molecule has 1 unspecified atom stereocenters. The molecule has 3 nitrogen and oxygen atoms in total. The molecule has 3 heteroatoms. The summed E-state index contributed by atoms with van der Waals surface area (Å²) < 4.78 is 10.6. The molecule has 0 aromatic heterocycles. The van der Waals surface area contributed by atoms with Crippen LogP contribution in [0.15, 0.2) is 30.3 Å². The average Bonchev–Trinajstić information content (AvgIpc) is 2.38. The Labute approximate surface area is 95.4 Å². The van der Waals surface area contributed by atoms with E-state index in [1.54, 1.807) is 12.1 Å². The standard InChI is InChI=1S/C13H16O3/c14-13(12-6-2-1-3-7-12)16-10-11-5-4-8-15-9-11/h1-3,6-7,11H,4-5,8-10H2. The minimum Gasteiger partial charge on any atom is -0.462 e. The van der Waals surface area contributed by atoms with E-state index < -0.39 is 0 Å². The van der Waals surface area contributed by atoms with Crippen LogP contribution in [0.3, 0.4) is 0 Å². The van der Waals surface area contributed by atoms with E-state index in [2.05, 4.69) is 0 Å². The van der Waals surface area contributed by atoms with Crippen LogP contribution >= 0.6 is 0 Å². The molecule has 1 aliphatic rings. The van der Waals surface area contributed by atoms with Gasteiger partial charge < -0.3 is 9.47 Å². The topological polar surface area (TPSA) is 35.5 Å². The van der Waals surface area contributed by atoms with Crippen LogP contribution in [0.1, 0.15) is 23.2 Å². The Kier molecular flexibility index (Phi) is 3.94. The van der Waals surface area contributed by atoms with Crippen molar-refractivity contribution in [3.63, 3.8) is 0 Å². The van der Waals surface area contributed by atoms with Gasteiger partial charge in [-0.15, -0.1) is 0 Å². The molecule has 0 aliphatic carbocycles. The summed E-state index contributed by atoms with van der Waals surface area (Å²) in [4.78, 5) is 11.6. The predicted octanol–water partition coefficient (Wildman–Crippen LogP) is 2.27. The number of ether oxygens (including phenoxy) is 2. The summed E-state index contributed by atoms with van der Waals surface area (Å²) in [5.41, 5.74) is 0.610. The second-order valence-electron chi connectivity index (χ2n) is 4.05. The molecular formula is C13H16O3. The lowest BCUT2D eigenvalue weighted by Crippen LogP contribution is -2.23. The number of carbonyl (C=O) groups excluding carboxylic acids is 1. The van der Waals surface area contributed by atoms with Crippen molar-refractivity contribution in [3.8, 4) is 0 Å². The summed E-state index contributed by atoms with van der Waals surface area (Å²) in [5, 5.41) is 0. The third kappa shape index (κ3) is 3.07. The average molecular weight is 220 g/mol. The highest BCUT2D eigenvalue weighted by Gasteiger charge is 2.16. The lowest BCUT2D eigenvalue weighted by atomic mass is 10.0. The molecule has 1 atom stereocenters. The normalized spacial score (nSPS) is 20.4. The van der Waals surface area contributed by atoms with Crippen LogP contribution in [0, 0.1) is 5.92 Å². The fourth-order valence-corrected chi connectivity index (χ4v) is 1.79. The van der Waals surface area contributed by atoms with Gasteiger partial charge in [-0.25, -0.2) is 4.79 Å². The van der Waals surface area contributed by atoms with E-state index in [9.17, 15) is 4.79 Å². The van der Waals surface area contributed by atoms with Crippen LogP contribution < -0.4 is 0 Å². The molecular weight excluding hydrogens is 204 g/mol.